The van der Waals surface area contributed by atoms with Gasteiger partial charge in [0.15, 0.2) is 0 Å². The number of carbonyl (C=O) groups is 1. The number of rotatable bonds is 3. The molecule has 2 N–H and O–H groups in total. The van der Waals surface area contributed by atoms with E-state index in [1.807, 2.05) is 18.2 Å². The van der Waals surface area contributed by atoms with Crippen LogP contribution in [0.3, 0.4) is 0 Å². The Morgan fingerprint density at radius 1 is 1.36 bits per heavy atom. The van der Waals surface area contributed by atoms with E-state index in [-0.39, 0.29) is 5.91 Å². The van der Waals surface area contributed by atoms with Gasteiger partial charge in [-0.2, -0.15) is 4.39 Å². The van der Waals surface area contributed by atoms with Crippen LogP contribution in [0.5, 0.6) is 0 Å². The van der Waals surface area contributed by atoms with E-state index in [2.05, 4.69) is 15.3 Å². The molecule has 2 aromatic heterocycles. The first-order valence-electron chi connectivity index (χ1n) is 6.70. The number of hydrogen-bond acceptors (Lipinski definition) is 2. The van der Waals surface area contributed by atoms with Crippen molar-refractivity contribution in [3.8, 4) is 11.1 Å². The molecule has 0 saturated heterocycles. The summed E-state index contributed by atoms with van der Waals surface area (Å²) >= 11 is 6.30. The quantitative estimate of drug-likeness (QED) is 0.724. The molecule has 0 radical (unpaired) electrons. The zero-order valence-electron chi connectivity index (χ0n) is 11.8. The summed E-state index contributed by atoms with van der Waals surface area (Å²) in [6, 6.07) is 8.65. The summed E-state index contributed by atoms with van der Waals surface area (Å²) in [5.74, 6) is -0.642. The molecule has 0 atom stereocenters. The number of amides is 1. The highest BCUT2D eigenvalue weighted by atomic mass is 35.5. The number of H-pyrrole nitrogens is 1. The molecular formula is C16H13ClFN3O. The van der Waals surface area contributed by atoms with Gasteiger partial charge >= 0.3 is 0 Å². The Labute approximate surface area is 131 Å². The summed E-state index contributed by atoms with van der Waals surface area (Å²) in [7, 11) is 0. The molecule has 1 amide bonds. The third-order valence-corrected chi connectivity index (χ3v) is 3.64. The average Bonchev–Trinajstić information content (AvgIpc) is 2.86. The molecule has 0 aliphatic carbocycles. The fraction of sp³-hybridized carbons (Fsp3) is 0.125. The van der Waals surface area contributed by atoms with Crippen molar-refractivity contribution >= 4 is 28.4 Å². The highest BCUT2D eigenvalue weighted by Crippen LogP contribution is 2.32. The molecular weight excluding hydrogens is 305 g/mol. The van der Waals surface area contributed by atoms with Crippen LogP contribution in [0.25, 0.3) is 22.0 Å². The van der Waals surface area contributed by atoms with Crippen molar-refractivity contribution in [2.45, 2.75) is 13.5 Å². The normalized spacial score (nSPS) is 10.9. The molecule has 0 unspecified atom stereocenters. The number of pyridine rings is 1. The van der Waals surface area contributed by atoms with Crippen LogP contribution < -0.4 is 5.32 Å². The Kier molecular flexibility index (Phi) is 3.81. The predicted octanol–water partition coefficient (Wildman–Crippen LogP) is 3.66. The summed E-state index contributed by atoms with van der Waals surface area (Å²) in [4.78, 5) is 17.7. The van der Waals surface area contributed by atoms with Gasteiger partial charge in [-0.1, -0.05) is 11.6 Å². The van der Waals surface area contributed by atoms with Crippen LogP contribution in [0.4, 0.5) is 4.39 Å². The molecule has 0 aliphatic rings. The van der Waals surface area contributed by atoms with Crippen LogP contribution in [0.15, 0.2) is 36.5 Å². The topological polar surface area (TPSA) is 57.8 Å². The van der Waals surface area contributed by atoms with Gasteiger partial charge in [-0.3, -0.25) is 4.79 Å². The number of halogens is 2. The molecule has 2 heterocycles. The first kappa shape index (κ1) is 14.5. The number of aromatic nitrogens is 2. The summed E-state index contributed by atoms with van der Waals surface area (Å²) in [5.41, 5.74) is 3.14. The Hall–Kier alpha value is -2.40. The maximum absolute atomic E-state index is 13.3. The predicted molar refractivity (Wildman–Crippen MR) is 84.0 cm³/mol. The van der Waals surface area contributed by atoms with E-state index in [0.29, 0.717) is 17.1 Å². The molecule has 3 aromatic rings. The van der Waals surface area contributed by atoms with E-state index < -0.39 is 5.95 Å². The largest absolute Gasteiger partial charge is 0.357 e. The highest BCUT2D eigenvalue weighted by Gasteiger charge is 2.09. The first-order chi connectivity index (χ1) is 10.5. The van der Waals surface area contributed by atoms with Gasteiger partial charge in [0.1, 0.15) is 0 Å². The van der Waals surface area contributed by atoms with Crippen LogP contribution in [0.1, 0.15) is 12.6 Å². The zero-order chi connectivity index (χ0) is 15.7. The average molecular weight is 318 g/mol. The summed E-state index contributed by atoms with van der Waals surface area (Å²) in [5, 5.41) is 4.19. The van der Waals surface area contributed by atoms with E-state index in [9.17, 15) is 9.18 Å². The van der Waals surface area contributed by atoms with Gasteiger partial charge in [0.2, 0.25) is 11.9 Å². The van der Waals surface area contributed by atoms with Gasteiger partial charge in [0, 0.05) is 46.4 Å². The lowest BCUT2D eigenvalue weighted by Gasteiger charge is -2.05. The maximum atomic E-state index is 13.3. The Morgan fingerprint density at radius 2 is 2.18 bits per heavy atom. The Balaban J connectivity index is 2.02. The lowest BCUT2D eigenvalue weighted by molar-refractivity contribution is -0.119. The van der Waals surface area contributed by atoms with Crippen LogP contribution >= 0.6 is 11.6 Å². The third kappa shape index (κ3) is 2.94. The van der Waals surface area contributed by atoms with E-state index in [0.717, 1.165) is 22.2 Å². The minimum atomic E-state index is -0.550. The molecule has 0 bridgehead atoms. The van der Waals surface area contributed by atoms with Crippen LogP contribution in [0.2, 0.25) is 5.02 Å². The molecule has 4 nitrogen and oxygen atoms in total. The highest BCUT2D eigenvalue weighted by molar-refractivity contribution is 6.34. The number of benzene rings is 1. The van der Waals surface area contributed by atoms with Crippen molar-refractivity contribution in [3.63, 3.8) is 0 Å². The molecule has 3 rings (SSSR count). The van der Waals surface area contributed by atoms with Crippen molar-refractivity contribution in [3.05, 3.63) is 53.2 Å². The van der Waals surface area contributed by atoms with E-state index in [4.69, 9.17) is 11.6 Å². The number of fused-ring (bicyclic) bond motifs is 1. The Bertz CT molecular complexity index is 860. The van der Waals surface area contributed by atoms with Gasteiger partial charge in [0.25, 0.3) is 0 Å². The summed E-state index contributed by atoms with van der Waals surface area (Å²) in [6.07, 6.45) is 1.40. The zero-order valence-corrected chi connectivity index (χ0v) is 12.5. The second-order valence-electron chi connectivity index (χ2n) is 4.99. The van der Waals surface area contributed by atoms with Crippen molar-refractivity contribution in [1.29, 1.82) is 0 Å². The molecule has 0 spiro atoms. The summed E-state index contributed by atoms with van der Waals surface area (Å²) < 4.78 is 13.3. The molecule has 22 heavy (non-hydrogen) atoms. The van der Waals surface area contributed by atoms with E-state index in [1.165, 1.54) is 19.2 Å². The molecule has 0 fully saturated rings. The maximum Gasteiger partial charge on any atom is 0.217 e. The third-order valence-electron chi connectivity index (χ3n) is 3.33. The number of hydrogen-bond donors (Lipinski definition) is 2. The Morgan fingerprint density at radius 3 is 2.91 bits per heavy atom. The van der Waals surface area contributed by atoms with Crippen molar-refractivity contribution in [1.82, 2.24) is 15.3 Å². The van der Waals surface area contributed by atoms with E-state index in [1.54, 1.807) is 6.07 Å². The van der Waals surface area contributed by atoms with Gasteiger partial charge in [-0.15, -0.1) is 0 Å². The molecule has 6 heteroatoms. The van der Waals surface area contributed by atoms with Gasteiger partial charge in [-0.25, -0.2) is 4.98 Å². The van der Waals surface area contributed by atoms with Crippen molar-refractivity contribution in [2.24, 2.45) is 0 Å². The van der Waals surface area contributed by atoms with Gasteiger partial charge in [0.05, 0.1) is 6.54 Å². The minimum absolute atomic E-state index is 0.0929. The van der Waals surface area contributed by atoms with Gasteiger partial charge in [-0.05, 0) is 29.8 Å². The van der Waals surface area contributed by atoms with Crippen LogP contribution in [-0.4, -0.2) is 15.9 Å². The standard InChI is InChI=1S/C16H13ClFN3O/c1-9(22)20-8-12-4-11-5-14(17)13(7-15(11)21-12)10-2-3-19-16(18)6-10/h2-7,21H,8H2,1H3,(H,20,22). The minimum Gasteiger partial charge on any atom is -0.357 e. The molecule has 1 aromatic carbocycles. The lowest BCUT2D eigenvalue weighted by Crippen LogP contribution is -2.18. The van der Waals surface area contributed by atoms with Crippen LogP contribution in [0, 0.1) is 5.95 Å². The number of nitrogens with one attached hydrogen (secondary N) is 2. The monoisotopic (exact) mass is 317 g/mol. The number of nitrogens with zero attached hydrogens (tertiary/aromatic N) is 1. The first-order valence-corrected chi connectivity index (χ1v) is 7.08. The number of aromatic amines is 1. The molecule has 0 aliphatic heterocycles. The van der Waals surface area contributed by atoms with Crippen molar-refractivity contribution < 1.29 is 9.18 Å². The fourth-order valence-corrected chi connectivity index (χ4v) is 2.60. The smallest absolute Gasteiger partial charge is 0.217 e. The lowest BCUT2D eigenvalue weighted by atomic mass is 10.1. The molecule has 112 valence electrons. The molecule has 0 saturated carbocycles. The van der Waals surface area contributed by atoms with Crippen molar-refractivity contribution in [2.75, 3.05) is 0 Å². The SMILES string of the molecule is CC(=O)NCc1cc2cc(Cl)c(-c3ccnc(F)c3)cc2[nH]1. The number of carbonyl (C=O) groups excluding carboxylic acids is 1. The second-order valence-corrected chi connectivity index (χ2v) is 5.40. The van der Waals surface area contributed by atoms with E-state index >= 15 is 0 Å². The fourth-order valence-electron chi connectivity index (χ4n) is 2.32. The van der Waals surface area contributed by atoms with Gasteiger partial charge < -0.3 is 10.3 Å². The van der Waals surface area contributed by atoms with Crippen LogP contribution in [-0.2, 0) is 11.3 Å². The second kappa shape index (κ2) is 5.77. The summed E-state index contributed by atoms with van der Waals surface area (Å²) in [6.45, 7) is 1.89.